The van der Waals surface area contributed by atoms with Gasteiger partial charge in [-0.25, -0.2) is 0 Å². The van der Waals surface area contributed by atoms with Gasteiger partial charge in [-0.3, -0.25) is 4.79 Å². The van der Waals surface area contributed by atoms with Gasteiger partial charge < -0.3 is 14.5 Å². The molecule has 2 aliphatic heterocycles. The van der Waals surface area contributed by atoms with Crippen LogP contribution < -0.4 is 4.74 Å². The lowest BCUT2D eigenvalue weighted by atomic mass is 9.97. The monoisotopic (exact) mass is 358 g/mol. The minimum atomic E-state index is 0.151. The lowest BCUT2D eigenvalue weighted by Crippen LogP contribution is -2.45. The Labute approximate surface area is 158 Å². The zero-order valence-corrected chi connectivity index (χ0v) is 16.5. The number of benzene rings is 1. The second-order valence-electron chi connectivity index (χ2n) is 8.03. The molecule has 144 valence electrons. The van der Waals surface area contributed by atoms with Crippen molar-refractivity contribution in [3.8, 4) is 5.75 Å². The molecule has 0 N–H and O–H groups in total. The highest BCUT2D eigenvalue weighted by Crippen LogP contribution is 2.24. The Kier molecular flexibility index (Phi) is 6.95. The normalized spacial score (nSPS) is 21.8. The minimum Gasteiger partial charge on any atom is -0.491 e. The fraction of sp³-hybridized carbons (Fsp3) is 0.682. The number of likely N-dealkylation sites (tertiary alicyclic amines) is 2. The minimum absolute atomic E-state index is 0.151. The zero-order chi connectivity index (χ0) is 18.4. The van der Waals surface area contributed by atoms with E-state index in [1.807, 2.05) is 38.1 Å². The van der Waals surface area contributed by atoms with Crippen LogP contribution in [0, 0.1) is 0 Å². The Hall–Kier alpha value is -1.55. The van der Waals surface area contributed by atoms with Crippen LogP contribution in [-0.2, 0) is 0 Å². The van der Waals surface area contributed by atoms with Gasteiger partial charge in [0.25, 0.3) is 5.91 Å². The smallest absolute Gasteiger partial charge is 0.254 e. The highest BCUT2D eigenvalue weighted by atomic mass is 16.5. The van der Waals surface area contributed by atoms with Crippen molar-refractivity contribution in [2.75, 3.05) is 26.2 Å². The number of nitrogens with zero attached hydrogens (tertiary/aromatic N) is 2. The summed E-state index contributed by atoms with van der Waals surface area (Å²) in [5.74, 6) is 1.02. The maximum atomic E-state index is 13.1. The number of rotatable bonds is 6. The summed E-state index contributed by atoms with van der Waals surface area (Å²) in [5.41, 5.74) is 0.783. The molecule has 26 heavy (non-hydrogen) atoms. The standard InChI is InChI=1S/C22H34N2O2/c1-18(2)26-21-11-9-19(10-12-21)22(25)24-16-7-4-8-20(24)13-17-23-14-5-3-6-15-23/h9-12,18,20H,3-8,13-17H2,1-2H3/t20-/m0/s1. The Balaban J connectivity index is 1.59. The third-order valence-electron chi connectivity index (χ3n) is 5.59. The quantitative estimate of drug-likeness (QED) is 0.758. The first-order chi connectivity index (χ1) is 12.6. The van der Waals surface area contributed by atoms with E-state index in [9.17, 15) is 4.79 Å². The van der Waals surface area contributed by atoms with Gasteiger partial charge in [0.2, 0.25) is 0 Å². The van der Waals surface area contributed by atoms with E-state index in [0.717, 1.165) is 43.7 Å². The van der Waals surface area contributed by atoms with Gasteiger partial charge in [0.15, 0.2) is 0 Å². The molecule has 0 spiro atoms. The molecule has 4 nitrogen and oxygen atoms in total. The van der Waals surface area contributed by atoms with Gasteiger partial charge in [-0.2, -0.15) is 0 Å². The van der Waals surface area contributed by atoms with E-state index in [1.54, 1.807) is 0 Å². The summed E-state index contributed by atoms with van der Waals surface area (Å²) in [7, 11) is 0. The number of amides is 1. The van der Waals surface area contributed by atoms with Crippen LogP contribution in [0.4, 0.5) is 0 Å². The van der Waals surface area contributed by atoms with Crippen LogP contribution in [-0.4, -0.2) is 54.0 Å². The fourth-order valence-electron chi connectivity index (χ4n) is 4.20. The molecule has 0 bridgehead atoms. The van der Waals surface area contributed by atoms with Crippen molar-refractivity contribution >= 4 is 5.91 Å². The SMILES string of the molecule is CC(C)Oc1ccc(C(=O)N2CCCC[C@H]2CCN2CCCCC2)cc1. The van der Waals surface area contributed by atoms with Crippen molar-refractivity contribution in [3.05, 3.63) is 29.8 Å². The van der Waals surface area contributed by atoms with E-state index in [1.165, 1.54) is 38.8 Å². The van der Waals surface area contributed by atoms with Gasteiger partial charge >= 0.3 is 0 Å². The topological polar surface area (TPSA) is 32.8 Å². The molecule has 2 saturated heterocycles. The predicted molar refractivity (Wildman–Crippen MR) is 106 cm³/mol. The van der Waals surface area contributed by atoms with Crippen LogP contribution in [0.1, 0.15) is 69.2 Å². The molecule has 1 atom stereocenters. The molecule has 3 rings (SSSR count). The summed E-state index contributed by atoms with van der Waals surface area (Å²) < 4.78 is 5.69. The Morgan fingerprint density at radius 2 is 1.73 bits per heavy atom. The van der Waals surface area contributed by atoms with Crippen molar-refractivity contribution in [1.29, 1.82) is 0 Å². The third kappa shape index (κ3) is 5.23. The van der Waals surface area contributed by atoms with Crippen molar-refractivity contribution in [3.63, 3.8) is 0 Å². The number of carbonyl (C=O) groups is 1. The van der Waals surface area contributed by atoms with Crippen LogP contribution in [0.2, 0.25) is 0 Å². The van der Waals surface area contributed by atoms with E-state index in [4.69, 9.17) is 4.74 Å². The van der Waals surface area contributed by atoms with Crippen molar-refractivity contribution < 1.29 is 9.53 Å². The van der Waals surface area contributed by atoms with Crippen molar-refractivity contribution in [2.45, 2.75) is 70.9 Å². The van der Waals surface area contributed by atoms with E-state index in [0.29, 0.717) is 6.04 Å². The summed E-state index contributed by atoms with van der Waals surface area (Å²) in [5, 5.41) is 0. The highest BCUT2D eigenvalue weighted by molar-refractivity contribution is 5.94. The molecule has 2 fully saturated rings. The number of ether oxygens (including phenoxy) is 1. The maximum absolute atomic E-state index is 13.1. The van der Waals surface area contributed by atoms with Crippen LogP contribution in [0.25, 0.3) is 0 Å². The fourth-order valence-corrected chi connectivity index (χ4v) is 4.20. The van der Waals surface area contributed by atoms with Crippen LogP contribution in [0.5, 0.6) is 5.75 Å². The van der Waals surface area contributed by atoms with Gasteiger partial charge in [-0.15, -0.1) is 0 Å². The summed E-state index contributed by atoms with van der Waals surface area (Å²) in [4.78, 5) is 17.8. The van der Waals surface area contributed by atoms with Gasteiger partial charge in [-0.1, -0.05) is 6.42 Å². The number of piperidine rings is 2. The Morgan fingerprint density at radius 1 is 1.04 bits per heavy atom. The average molecular weight is 359 g/mol. The largest absolute Gasteiger partial charge is 0.491 e. The first kappa shape index (κ1) is 19.2. The van der Waals surface area contributed by atoms with E-state index in [-0.39, 0.29) is 12.0 Å². The Morgan fingerprint density at radius 3 is 2.42 bits per heavy atom. The maximum Gasteiger partial charge on any atom is 0.254 e. The molecule has 1 amide bonds. The van der Waals surface area contributed by atoms with Crippen LogP contribution >= 0.6 is 0 Å². The summed E-state index contributed by atoms with van der Waals surface area (Å²) >= 11 is 0. The molecule has 1 aromatic carbocycles. The lowest BCUT2D eigenvalue weighted by molar-refractivity contribution is 0.0579. The first-order valence-corrected chi connectivity index (χ1v) is 10.4. The van der Waals surface area contributed by atoms with E-state index in [2.05, 4.69) is 9.80 Å². The number of carbonyl (C=O) groups excluding carboxylic acids is 1. The second-order valence-corrected chi connectivity index (χ2v) is 8.03. The zero-order valence-electron chi connectivity index (χ0n) is 16.5. The predicted octanol–water partition coefficient (Wildman–Crippen LogP) is 4.34. The summed E-state index contributed by atoms with van der Waals surface area (Å²) in [6, 6.07) is 8.05. The molecule has 4 heteroatoms. The van der Waals surface area contributed by atoms with Crippen LogP contribution in [0.15, 0.2) is 24.3 Å². The molecule has 0 aromatic heterocycles. The molecular weight excluding hydrogens is 324 g/mol. The molecule has 0 aliphatic carbocycles. The number of hydrogen-bond donors (Lipinski definition) is 0. The van der Waals surface area contributed by atoms with Gasteiger partial charge in [0.1, 0.15) is 5.75 Å². The van der Waals surface area contributed by atoms with E-state index >= 15 is 0 Å². The van der Waals surface area contributed by atoms with Gasteiger partial charge in [0.05, 0.1) is 6.10 Å². The molecule has 1 aromatic rings. The Bertz CT molecular complexity index is 564. The third-order valence-corrected chi connectivity index (χ3v) is 5.59. The molecule has 2 heterocycles. The molecule has 2 aliphatic rings. The molecule has 0 unspecified atom stereocenters. The van der Waals surface area contributed by atoms with Crippen LogP contribution in [0.3, 0.4) is 0 Å². The first-order valence-electron chi connectivity index (χ1n) is 10.4. The molecular formula is C22H34N2O2. The van der Waals surface area contributed by atoms with Crippen molar-refractivity contribution in [1.82, 2.24) is 9.80 Å². The molecule has 0 radical (unpaired) electrons. The average Bonchev–Trinajstić information content (AvgIpc) is 2.67. The van der Waals surface area contributed by atoms with Gasteiger partial charge in [0, 0.05) is 24.7 Å². The van der Waals surface area contributed by atoms with E-state index < -0.39 is 0 Å². The second kappa shape index (κ2) is 9.40. The van der Waals surface area contributed by atoms with Crippen molar-refractivity contribution in [2.24, 2.45) is 0 Å². The summed E-state index contributed by atoms with van der Waals surface area (Å²) in [6.07, 6.45) is 8.82. The highest BCUT2D eigenvalue weighted by Gasteiger charge is 2.28. The van der Waals surface area contributed by atoms with Gasteiger partial charge in [-0.05, 0) is 89.7 Å². The number of hydrogen-bond acceptors (Lipinski definition) is 3. The summed E-state index contributed by atoms with van der Waals surface area (Å²) in [6.45, 7) is 8.53. The molecule has 0 saturated carbocycles. The lowest BCUT2D eigenvalue weighted by Gasteiger charge is -2.37.